The molecule has 1 aromatic carbocycles. The summed E-state index contributed by atoms with van der Waals surface area (Å²) in [4.78, 5) is 25.3. The minimum absolute atomic E-state index is 0.392. The molecule has 0 fully saturated rings. The number of carbonyl (C=O) groups excluding carboxylic acids is 1. The number of aliphatic carboxylic acids is 1. The van der Waals surface area contributed by atoms with Crippen LogP contribution in [0.15, 0.2) is 29.4 Å². The Morgan fingerprint density at radius 2 is 2.00 bits per heavy atom. The number of primary amides is 1. The Bertz CT molecular complexity index is 411. The van der Waals surface area contributed by atoms with Crippen molar-refractivity contribution in [3.8, 4) is 0 Å². The number of hydrogen-bond acceptors (Lipinski definition) is 4. The molecule has 0 radical (unpaired) electrons. The minimum atomic E-state index is -1.10. The highest BCUT2D eigenvalue weighted by Crippen LogP contribution is 2.01. The number of carboxylic acid groups (broad SMARTS) is 1. The van der Waals surface area contributed by atoms with Crippen LogP contribution < -0.4 is 5.73 Å². The van der Waals surface area contributed by atoms with Crippen LogP contribution in [0, 0.1) is 0 Å². The van der Waals surface area contributed by atoms with Crippen molar-refractivity contribution in [3.05, 3.63) is 35.4 Å². The second-order valence-electron chi connectivity index (χ2n) is 2.89. The molecule has 6 heteroatoms. The molecule has 6 nitrogen and oxygen atoms in total. The van der Waals surface area contributed by atoms with Crippen molar-refractivity contribution >= 4 is 18.1 Å². The third kappa shape index (κ3) is 3.79. The summed E-state index contributed by atoms with van der Waals surface area (Å²) in [5, 5.41) is 11.7. The molecule has 16 heavy (non-hydrogen) atoms. The number of carboxylic acids is 1. The van der Waals surface area contributed by atoms with E-state index in [4.69, 9.17) is 10.8 Å². The summed E-state index contributed by atoms with van der Waals surface area (Å²) < 4.78 is 0. The lowest BCUT2D eigenvalue weighted by Crippen LogP contribution is -2.10. The summed E-state index contributed by atoms with van der Waals surface area (Å²) in [5.74, 6) is -1.60. The van der Waals surface area contributed by atoms with Gasteiger partial charge in [0.05, 0.1) is 6.21 Å². The second kappa shape index (κ2) is 5.50. The number of nitrogens with zero attached hydrogens (tertiary/aromatic N) is 1. The molecule has 0 saturated carbocycles. The number of carbonyl (C=O) groups is 2. The maximum absolute atomic E-state index is 10.7. The zero-order valence-corrected chi connectivity index (χ0v) is 8.29. The van der Waals surface area contributed by atoms with Gasteiger partial charge in [-0.25, -0.2) is 4.79 Å². The van der Waals surface area contributed by atoms with Crippen LogP contribution in [-0.4, -0.2) is 29.8 Å². The number of rotatable bonds is 5. The van der Waals surface area contributed by atoms with E-state index in [1.165, 1.54) is 6.21 Å². The van der Waals surface area contributed by atoms with Crippen molar-refractivity contribution in [2.75, 3.05) is 6.61 Å². The molecule has 0 aliphatic carbocycles. The van der Waals surface area contributed by atoms with Crippen molar-refractivity contribution in [1.29, 1.82) is 0 Å². The Balaban J connectivity index is 2.55. The van der Waals surface area contributed by atoms with Crippen LogP contribution in [0.4, 0.5) is 0 Å². The monoisotopic (exact) mass is 222 g/mol. The summed E-state index contributed by atoms with van der Waals surface area (Å²) in [6, 6.07) is 6.32. The standard InChI is InChI=1S/C10H10N2O4/c11-10(15)8-3-1-7(2-4-8)5-12-16-6-9(13)14/h1-5H,6H2,(H2,11,15)(H,13,14). The molecule has 0 aliphatic rings. The fourth-order valence-electron chi connectivity index (χ4n) is 0.924. The smallest absolute Gasteiger partial charge is 0.344 e. The van der Waals surface area contributed by atoms with Gasteiger partial charge in [-0.1, -0.05) is 17.3 Å². The van der Waals surface area contributed by atoms with Crippen molar-refractivity contribution in [2.45, 2.75) is 0 Å². The first-order valence-corrected chi connectivity index (χ1v) is 4.36. The predicted molar refractivity (Wildman–Crippen MR) is 56.1 cm³/mol. The summed E-state index contributed by atoms with van der Waals surface area (Å²) >= 11 is 0. The molecule has 0 aliphatic heterocycles. The highest BCUT2D eigenvalue weighted by atomic mass is 16.6. The maximum Gasteiger partial charge on any atom is 0.344 e. The number of amides is 1. The molecule has 0 spiro atoms. The molecule has 84 valence electrons. The first kappa shape index (κ1) is 11.7. The summed E-state index contributed by atoms with van der Waals surface area (Å²) in [6.45, 7) is -0.490. The number of oxime groups is 1. The van der Waals surface area contributed by atoms with Crippen molar-refractivity contribution in [2.24, 2.45) is 10.9 Å². The predicted octanol–water partition coefficient (Wildman–Crippen LogP) is 0.221. The number of benzene rings is 1. The lowest BCUT2D eigenvalue weighted by atomic mass is 10.1. The SMILES string of the molecule is NC(=O)c1ccc(C=NOCC(=O)O)cc1. The van der Waals surface area contributed by atoms with Gasteiger partial charge in [0.2, 0.25) is 12.5 Å². The van der Waals surface area contributed by atoms with Gasteiger partial charge in [0.1, 0.15) is 0 Å². The molecule has 0 heterocycles. The third-order valence-electron chi connectivity index (χ3n) is 1.66. The van der Waals surface area contributed by atoms with E-state index in [0.717, 1.165) is 0 Å². The lowest BCUT2D eigenvalue weighted by molar-refractivity contribution is -0.142. The Morgan fingerprint density at radius 3 is 2.50 bits per heavy atom. The van der Waals surface area contributed by atoms with Gasteiger partial charge in [-0.15, -0.1) is 0 Å². The fraction of sp³-hybridized carbons (Fsp3) is 0.100. The highest BCUT2D eigenvalue weighted by molar-refractivity contribution is 5.93. The van der Waals surface area contributed by atoms with E-state index in [1.54, 1.807) is 24.3 Å². The van der Waals surface area contributed by atoms with Gasteiger partial charge >= 0.3 is 5.97 Å². The molecular weight excluding hydrogens is 212 g/mol. The first-order chi connectivity index (χ1) is 7.59. The normalized spacial score (nSPS) is 10.2. The Morgan fingerprint density at radius 1 is 1.38 bits per heavy atom. The van der Waals surface area contributed by atoms with Crippen LogP contribution in [0.1, 0.15) is 15.9 Å². The van der Waals surface area contributed by atoms with E-state index < -0.39 is 18.5 Å². The van der Waals surface area contributed by atoms with Gasteiger partial charge in [-0.05, 0) is 17.7 Å². The van der Waals surface area contributed by atoms with Crippen LogP contribution in [0.25, 0.3) is 0 Å². The van der Waals surface area contributed by atoms with Gasteiger partial charge in [-0.3, -0.25) is 4.79 Å². The maximum atomic E-state index is 10.7. The van der Waals surface area contributed by atoms with Crippen molar-refractivity contribution in [3.63, 3.8) is 0 Å². The van der Waals surface area contributed by atoms with Gasteiger partial charge in [0.25, 0.3) is 0 Å². The number of hydrogen-bond donors (Lipinski definition) is 2. The Labute approximate surface area is 91.3 Å². The Hall–Kier alpha value is -2.37. The van der Waals surface area contributed by atoms with Crippen LogP contribution in [0.5, 0.6) is 0 Å². The lowest BCUT2D eigenvalue weighted by Gasteiger charge is -1.96. The number of nitrogens with two attached hydrogens (primary N) is 1. The third-order valence-corrected chi connectivity index (χ3v) is 1.66. The van der Waals surface area contributed by atoms with Crippen molar-refractivity contribution < 1.29 is 19.5 Å². The topological polar surface area (TPSA) is 102 Å². The van der Waals surface area contributed by atoms with Gasteiger partial charge in [-0.2, -0.15) is 0 Å². The largest absolute Gasteiger partial charge is 0.479 e. The van der Waals surface area contributed by atoms with Gasteiger partial charge in [0.15, 0.2) is 0 Å². The molecule has 1 aromatic rings. The summed E-state index contributed by atoms with van der Waals surface area (Å²) in [5.41, 5.74) is 6.12. The molecule has 3 N–H and O–H groups in total. The van der Waals surface area contributed by atoms with Gasteiger partial charge < -0.3 is 15.7 Å². The van der Waals surface area contributed by atoms with Crippen LogP contribution >= 0.6 is 0 Å². The van der Waals surface area contributed by atoms with E-state index in [1.807, 2.05) is 0 Å². The quantitative estimate of drug-likeness (QED) is 0.549. The molecular formula is C10H10N2O4. The van der Waals surface area contributed by atoms with E-state index in [0.29, 0.717) is 11.1 Å². The zero-order valence-electron chi connectivity index (χ0n) is 8.29. The molecule has 0 unspecified atom stereocenters. The average molecular weight is 222 g/mol. The average Bonchev–Trinajstić information content (AvgIpc) is 2.25. The van der Waals surface area contributed by atoms with E-state index in [2.05, 4.69) is 9.99 Å². The first-order valence-electron chi connectivity index (χ1n) is 4.36. The van der Waals surface area contributed by atoms with Crippen LogP contribution in [0.3, 0.4) is 0 Å². The molecule has 0 atom stereocenters. The highest BCUT2D eigenvalue weighted by Gasteiger charge is 1.98. The zero-order chi connectivity index (χ0) is 12.0. The van der Waals surface area contributed by atoms with E-state index >= 15 is 0 Å². The van der Waals surface area contributed by atoms with Gasteiger partial charge in [0, 0.05) is 5.56 Å². The van der Waals surface area contributed by atoms with Crippen LogP contribution in [-0.2, 0) is 9.63 Å². The Kier molecular flexibility index (Phi) is 4.02. The molecule has 0 aromatic heterocycles. The second-order valence-corrected chi connectivity index (χ2v) is 2.89. The molecule has 1 amide bonds. The molecule has 0 bridgehead atoms. The molecule has 1 rings (SSSR count). The minimum Gasteiger partial charge on any atom is -0.479 e. The summed E-state index contributed by atoms with van der Waals surface area (Å²) in [7, 11) is 0. The van der Waals surface area contributed by atoms with E-state index in [-0.39, 0.29) is 0 Å². The van der Waals surface area contributed by atoms with E-state index in [9.17, 15) is 9.59 Å². The molecule has 0 saturated heterocycles. The van der Waals surface area contributed by atoms with Crippen LogP contribution in [0.2, 0.25) is 0 Å². The fourth-order valence-corrected chi connectivity index (χ4v) is 0.924. The summed E-state index contributed by atoms with van der Waals surface area (Å²) in [6.07, 6.45) is 1.34. The van der Waals surface area contributed by atoms with Crippen molar-refractivity contribution in [1.82, 2.24) is 0 Å².